The number of nitrogen functional groups attached to an aromatic ring is 1. The number of nitrogens with two attached hydrogens (primary N) is 1. The summed E-state index contributed by atoms with van der Waals surface area (Å²) in [5, 5.41) is 12.6. The Morgan fingerprint density at radius 3 is 2.89 bits per heavy atom. The zero-order valence-electron chi connectivity index (χ0n) is 10.6. The molecule has 0 bridgehead atoms. The Morgan fingerprint density at radius 2 is 2.11 bits per heavy atom. The molecule has 19 heavy (non-hydrogen) atoms. The van der Waals surface area contributed by atoms with Gasteiger partial charge in [-0.25, -0.2) is 4.68 Å². The predicted molar refractivity (Wildman–Crippen MR) is 74.6 cm³/mol. The average molecular weight is 278 g/mol. The number of hydrogen-bond acceptors (Lipinski definition) is 4. The summed E-state index contributed by atoms with van der Waals surface area (Å²) in [6, 6.07) is 5.37. The van der Waals surface area contributed by atoms with Gasteiger partial charge >= 0.3 is 0 Å². The molecule has 0 spiro atoms. The van der Waals surface area contributed by atoms with Crippen LogP contribution in [0.2, 0.25) is 5.02 Å². The molecule has 0 atom stereocenters. The highest BCUT2D eigenvalue weighted by Crippen LogP contribution is 2.30. The first-order valence-electron chi connectivity index (χ1n) is 6.55. The lowest BCUT2D eigenvalue weighted by Gasteiger charge is -2.11. The maximum atomic E-state index is 6.02. The lowest BCUT2D eigenvalue weighted by molar-refractivity contribution is 0.424. The Kier molecular flexibility index (Phi) is 3.38. The maximum absolute atomic E-state index is 6.02. The summed E-state index contributed by atoms with van der Waals surface area (Å²) in [5.41, 5.74) is 7.44. The van der Waals surface area contributed by atoms with Crippen LogP contribution in [-0.4, -0.2) is 20.2 Å². The molecule has 1 aromatic heterocycles. The van der Waals surface area contributed by atoms with Crippen LogP contribution in [-0.2, 0) is 6.54 Å². The zero-order chi connectivity index (χ0) is 13.2. The van der Waals surface area contributed by atoms with Crippen LogP contribution in [0.15, 0.2) is 18.2 Å². The Labute approximate surface area is 116 Å². The molecular formula is C13H16ClN5. The zero-order valence-corrected chi connectivity index (χ0v) is 11.3. The second-order valence-corrected chi connectivity index (χ2v) is 5.50. The van der Waals surface area contributed by atoms with E-state index in [0.29, 0.717) is 22.5 Å². The third-order valence-corrected chi connectivity index (χ3v) is 3.93. The summed E-state index contributed by atoms with van der Waals surface area (Å²) in [6.45, 7) is 0.855. The molecule has 6 heteroatoms. The fourth-order valence-corrected chi connectivity index (χ4v) is 2.85. The molecule has 2 aromatic rings. The van der Waals surface area contributed by atoms with Gasteiger partial charge in [0.2, 0.25) is 0 Å². The molecule has 5 nitrogen and oxygen atoms in total. The first kappa shape index (κ1) is 12.4. The van der Waals surface area contributed by atoms with E-state index >= 15 is 0 Å². The van der Waals surface area contributed by atoms with E-state index in [1.165, 1.54) is 25.7 Å². The van der Waals surface area contributed by atoms with Crippen LogP contribution >= 0.6 is 11.6 Å². The molecule has 1 heterocycles. The van der Waals surface area contributed by atoms with Gasteiger partial charge in [0.05, 0.1) is 0 Å². The number of rotatable bonds is 3. The molecule has 3 rings (SSSR count). The summed E-state index contributed by atoms with van der Waals surface area (Å²) < 4.78 is 1.85. The van der Waals surface area contributed by atoms with Crippen molar-refractivity contribution in [2.45, 2.75) is 32.2 Å². The molecule has 100 valence electrons. The van der Waals surface area contributed by atoms with Crippen molar-refractivity contribution in [2.75, 3.05) is 5.73 Å². The van der Waals surface area contributed by atoms with Gasteiger partial charge in [-0.1, -0.05) is 24.4 Å². The monoisotopic (exact) mass is 277 g/mol. The van der Waals surface area contributed by atoms with Crippen molar-refractivity contribution >= 4 is 17.3 Å². The largest absolute Gasteiger partial charge is 0.398 e. The number of benzene rings is 1. The number of tetrazole rings is 1. The van der Waals surface area contributed by atoms with Gasteiger partial charge in [-0.05, 0) is 47.4 Å². The smallest absolute Gasteiger partial charge is 0.184 e. The van der Waals surface area contributed by atoms with Crippen molar-refractivity contribution < 1.29 is 0 Å². The number of aromatic nitrogens is 4. The lowest BCUT2D eigenvalue weighted by atomic mass is 10.1. The fraction of sp³-hybridized carbons (Fsp3) is 0.462. The van der Waals surface area contributed by atoms with Gasteiger partial charge in [0.25, 0.3) is 0 Å². The van der Waals surface area contributed by atoms with Crippen LogP contribution in [0.3, 0.4) is 0 Å². The molecule has 0 unspecified atom stereocenters. The highest BCUT2D eigenvalue weighted by Gasteiger charge is 2.19. The van der Waals surface area contributed by atoms with Gasteiger partial charge in [0.15, 0.2) is 5.82 Å². The third kappa shape index (κ3) is 2.56. The highest BCUT2D eigenvalue weighted by atomic mass is 35.5. The summed E-state index contributed by atoms with van der Waals surface area (Å²) in [6.07, 6.45) is 5.12. The molecule has 1 fully saturated rings. The van der Waals surface area contributed by atoms with Crippen molar-refractivity contribution in [2.24, 2.45) is 5.92 Å². The topological polar surface area (TPSA) is 69.6 Å². The van der Waals surface area contributed by atoms with Gasteiger partial charge in [-0.2, -0.15) is 0 Å². The molecule has 0 aliphatic heterocycles. The molecule has 1 saturated carbocycles. The molecule has 0 saturated heterocycles. The first-order valence-corrected chi connectivity index (χ1v) is 6.93. The van der Waals surface area contributed by atoms with Crippen molar-refractivity contribution in [3.05, 3.63) is 23.2 Å². The van der Waals surface area contributed by atoms with Gasteiger partial charge in [0, 0.05) is 22.8 Å². The molecule has 1 aliphatic carbocycles. The van der Waals surface area contributed by atoms with Crippen LogP contribution in [0.4, 0.5) is 5.69 Å². The van der Waals surface area contributed by atoms with Crippen molar-refractivity contribution in [3.63, 3.8) is 0 Å². The van der Waals surface area contributed by atoms with Crippen LogP contribution < -0.4 is 5.73 Å². The molecular weight excluding hydrogens is 262 g/mol. The first-order chi connectivity index (χ1) is 9.24. The lowest BCUT2D eigenvalue weighted by Crippen LogP contribution is -2.11. The van der Waals surface area contributed by atoms with E-state index in [1.807, 2.05) is 10.7 Å². The van der Waals surface area contributed by atoms with Crippen LogP contribution in [0.5, 0.6) is 0 Å². The summed E-state index contributed by atoms with van der Waals surface area (Å²) in [5.74, 6) is 1.37. The quantitative estimate of drug-likeness (QED) is 0.876. The van der Waals surface area contributed by atoms with Crippen molar-refractivity contribution in [1.29, 1.82) is 0 Å². The second-order valence-electron chi connectivity index (χ2n) is 5.07. The maximum Gasteiger partial charge on any atom is 0.184 e. The van der Waals surface area contributed by atoms with Gasteiger partial charge in [0.1, 0.15) is 0 Å². The highest BCUT2D eigenvalue weighted by molar-refractivity contribution is 6.31. The van der Waals surface area contributed by atoms with E-state index in [0.717, 1.165) is 12.1 Å². The van der Waals surface area contributed by atoms with Gasteiger partial charge < -0.3 is 5.73 Å². The number of anilines is 1. The van der Waals surface area contributed by atoms with E-state index in [4.69, 9.17) is 17.3 Å². The fourth-order valence-electron chi connectivity index (χ4n) is 2.68. The van der Waals surface area contributed by atoms with Gasteiger partial charge in [-0.15, -0.1) is 5.10 Å². The Hall–Kier alpha value is -1.62. The molecule has 1 aliphatic rings. The standard InChI is InChI=1S/C13H16ClN5/c14-10-5-6-12(15)11(7-10)13-16-17-18-19(13)8-9-3-1-2-4-9/h5-7,9H,1-4,8,15H2. The van der Waals surface area contributed by atoms with Crippen molar-refractivity contribution in [1.82, 2.24) is 20.2 Å². The van der Waals surface area contributed by atoms with E-state index in [-0.39, 0.29) is 0 Å². The summed E-state index contributed by atoms with van der Waals surface area (Å²) >= 11 is 6.02. The Morgan fingerprint density at radius 1 is 1.32 bits per heavy atom. The average Bonchev–Trinajstić information content (AvgIpc) is 3.04. The van der Waals surface area contributed by atoms with Crippen LogP contribution in [0.1, 0.15) is 25.7 Å². The normalized spacial score (nSPS) is 16.1. The minimum absolute atomic E-state index is 0.639. The minimum atomic E-state index is 0.639. The van der Waals surface area contributed by atoms with Gasteiger partial charge in [-0.3, -0.25) is 0 Å². The van der Waals surface area contributed by atoms with Crippen LogP contribution in [0.25, 0.3) is 11.4 Å². The summed E-state index contributed by atoms with van der Waals surface area (Å²) in [7, 11) is 0. The van der Waals surface area contributed by atoms with E-state index < -0.39 is 0 Å². The third-order valence-electron chi connectivity index (χ3n) is 3.69. The SMILES string of the molecule is Nc1ccc(Cl)cc1-c1nnnn1CC1CCCC1. The molecule has 2 N–H and O–H groups in total. The minimum Gasteiger partial charge on any atom is -0.398 e. The molecule has 0 amide bonds. The number of nitrogens with zero attached hydrogens (tertiary/aromatic N) is 4. The second kappa shape index (κ2) is 5.17. The van der Waals surface area contributed by atoms with E-state index in [1.54, 1.807) is 12.1 Å². The molecule has 0 radical (unpaired) electrons. The Bertz CT molecular complexity index is 574. The Balaban J connectivity index is 1.92. The number of hydrogen-bond donors (Lipinski definition) is 1. The van der Waals surface area contributed by atoms with Crippen molar-refractivity contribution in [3.8, 4) is 11.4 Å². The van der Waals surface area contributed by atoms with E-state index in [2.05, 4.69) is 15.5 Å². The number of halogens is 1. The van der Waals surface area contributed by atoms with Crippen LogP contribution in [0, 0.1) is 5.92 Å². The van der Waals surface area contributed by atoms with E-state index in [9.17, 15) is 0 Å². The predicted octanol–water partition coefficient (Wildman–Crippen LogP) is 2.77. The molecule has 1 aromatic carbocycles. The summed E-state index contributed by atoms with van der Waals surface area (Å²) in [4.78, 5) is 0.